The minimum absolute atomic E-state index is 0.469. The fourth-order valence-electron chi connectivity index (χ4n) is 3.11. The highest BCUT2D eigenvalue weighted by Gasteiger charge is 2.16. The summed E-state index contributed by atoms with van der Waals surface area (Å²) in [4.78, 5) is 5.47. The predicted octanol–water partition coefficient (Wildman–Crippen LogP) is 3.15. The average molecular weight is 352 g/mol. The van der Waals surface area contributed by atoms with Crippen LogP contribution in [0.1, 0.15) is 16.7 Å². The zero-order valence-corrected chi connectivity index (χ0v) is 15.3. The van der Waals surface area contributed by atoms with E-state index in [-0.39, 0.29) is 0 Å². The molecule has 0 unspecified atom stereocenters. The molecular formula is C21H25N3S. The van der Waals surface area contributed by atoms with Gasteiger partial charge < -0.3 is 5.73 Å². The number of nitrogens with two attached hydrogens (primary N) is 1. The number of hydrogen-bond acceptors (Lipinski definition) is 3. The van der Waals surface area contributed by atoms with Crippen molar-refractivity contribution in [1.29, 1.82) is 0 Å². The molecule has 2 aromatic carbocycles. The van der Waals surface area contributed by atoms with Gasteiger partial charge in [0.25, 0.3) is 0 Å². The van der Waals surface area contributed by atoms with E-state index in [2.05, 4.69) is 58.4 Å². The molecule has 1 saturated heterocycles. The Hall–Kier alpha value is -2.01. The van der Waals surface area contributed by atoms with E-state index in [0.717, 1.165) is 44.8 Å². The molecule has 4 heteroatoms. The second-order valence-electron chi connectivity index (χ2n) is 6.45. The van der Waals surface area contributed by atoms with E-state index in [1.54, 1.807) is 0 Å². The first kappa shape index (κ1) is 17.8. The predicted molar refractivity (Wildman–Crippen MR) is 110 cm³/mol. The van der Waals surface area contributed by atoms with Crippen LogP contribution < -0.4 is 5.73 Å². The van der Waals surface area contributed by atoms with Crippen molar-refractivity contribution >= 4 is 23.3 Å². The Balaban J connectivity index is 1.45. The number of benzene rings is 2. The third-order valence-corrected chi connectivity index (χ3v) is 4.79. The van der Waals surface area contributed by atoms with Crippen LogP contribution in [0.2, 0.25) is 0 Å². The molecule has 3 nitrogen and oxygen atoms in total. The highest BCUT2D eigenvalue weighted by molar-refractivity contribution is 7.80. The largest absolute Gasteiger partial charge is 0.389 e. The molecule has 0 amide bonds. The van der Waals surface area contributed by atoms with Crippen molar-refractivity contribution in [2.45, 2.75) is 6.54 Å². The van der Waals surface area contributed by atoms with E-state index in [1.807, 2.05) is 18.2 Å². The average Bonchev–Trinajstić information content (AvgIpc) is 2.64. The molecule has 0 spiro atoms. The van der Waals surface area contributed by atoms with Gasteiger partial charge in [-0.15, -0.1) is 0 Å². The highest BCUT2D eigenvalue weighted by Crippen LogP contribution is 2.11. The molecule has 1 aliphatic rings. The van der Waals surface area contributed by atoms with Crippen molar-refractivity contribution < 1.29 is 0 Å². The van der Waals surface area contributed by atoms with Gasteiger partial charge in [0.2, 0.25) is 0 Å². The van der Waals surface area contributed by atoms with Gasteiger partial charge in [0.15, 0.2) is 0 Å². The van der Waals surface area contributed by atoms with Gasteiger partial charge in [-0.3, -0.25) is 9.80 Å². The first-order valence-electron chi connectivity index (χ1n) is 8.76. The van der Waals surface area contributed by atoms with Gasteiger partial charge in [-0.25, -0.2) is 0 Å². The molecule has 1 heterocycles. The summed E-state index contributed by atoms with van der Waals surface area (Å²) in [6.07, 6.45) is 4.46. The van der Waals surface area contributed by atoms with E-state index in [9.17, 15) is 0 Å². The lowest BCUT2D eigenvalue weighted by atomic mass is 10.1. The van der Waals surface area contributed by atoms with E-state index in [0.29, 0.717) is 4.99 Å². The summed E-state index contributed by atoms with van der Waals surface area (Å²) in [6, 6.07) is 18.7. The van der Waals surface area contributed by atoms with Crippen LogP contribution >= 0.6 is 12.2 Å². The van der Waals surface area contributed by atoms with Crippen LogP contribution in [-0.2, 0) is 6.54 Å². The number of hydrogen-bond donors (Lipinski definition) is 1. The molecule has 0 aliphatic carbocycles. The van der Waals surface area contributed by atoms with Gasteiger partial charge in [-0.05, 0) is 17.2 Å². The van der Waals surface area contributed by atoms with Crippen LogP contribution in [-0.4, -0.2) is 47.5 Å². The minimum Gasteiger partial charge on any atom is -0.389 e. The quantitative estimate of drug-likeness (QED) is 0.811. The fraction of sp³-hybridized carbons (Fsp3) is 0.286. The van der Waals surface area contributed by atoms with Crippen molar-refractivity contribution in [1.82, 2.24) is 9.80 Å². The van der Waals surface area contributed by atoms with Crippen LogP contribution in [0.5, 0.6) is 0 Å². The van der Waals surface area contributed by atoms with Crippen molar-refractivity contribution in [3.05, 3.63) is 77.4 Å². The van der Waals surface area contributed by atoms with Crippen LogP contribution in [0.25, 0.3) is 6.08 Å². The van der Waals surface area contributed by atoms with Gasteiger partial charge in [0.05, 0.1) is 0 Å². The number of piperazine rings is 1. The number of thiocarbonyl (C=S) groups is 1. The Morgan fingerprint density at radius 2 is 1.68 bits per heavy atom. The van der Waals surface area contributed by atoms with E-state index in [1.165, 1.54) is 11.1 Å². The zero-order chi connectivity index (χ0) is 17.5. The van der Waals surface area contributed by atoms with Gasteiger partial charge in [-0.2, -0.15) is 0 Å². The molecule has 1 fully saturated rings. The lowest BCUT2D eigenvalue weighted by molar-refractivity contribution is 0.137. The van der Waals surface area contributed by atoms with Crippen LogP contribution in [0.15, 0.2) is 60.7 Å². The highest BCUT2D eigenvalue weighted by atomic mass is 32.1. The Kier molecular flexibility index (Phi) is 6.34. The molecule has 0 radical (unpaired) electrons. The molecular weight excluding hydrogens is 326 g/mol. The van der Waals surface area contributed by atoms with Crippen molar-refractivity contribution in [2.24, 2.45) is 5.73 Å². The molecule has 3 rings (SSSR count). The lowest BCUT2D eigenvalue weighted by Crippen LogP contribution is -2.45. The summed E-state index contributed by atoms with van der Waals surface area (Å²) in [6.45, 7) is 6.37. The Morgan fingerprint density at radius 1 is 0.960 bits per heavy atom. The Morgan fingerprint density at radius 3 is 2.40 bits per heavy atom. The van der Waals surface area contributed by atoms with Crippen LogP contribution in [0.3, 0.4) is 0 Å². The smallest absolute Gasteiger partial charge is 0.103 e. The SMILES string of the molecule is NC(=S)c1cccc(CN2CCN(C/C=C/c3ccccc3)CC2)c1. The maximum atomic E-state index is 5.73. The molecule has 25 heavy (non-hydrogen) atoms. The Bertz CT molecular complexity index is 719. The summed E-state index contributed by atoms with van der Waals surface area (Å²) >= 11 is 5.07. The molecule has 0 saturated carbocycles. The summed E-state index contributed by atoms with van der Waals surface area (Å²) in [5.41, 5.74) is 9.23. The molecule has 1 aliphatic heterocycles. The summed E-state index contributed by atoms with van der Waals surface area (Å²) in [5, 5.41) is 0. The van der Waals surface area contributed by atoms with Gasteiger partial charge in [0.1, 0.15) is 4.99 Å². The molecule has 0 atom stereocenters. The summed E-state index contributed by atoms with van der Waals surface area (Å²) < 4.78 is 0. The van der Waals surface area contributed by atoms with Gasteiger partial charge in [0, 0.05) is 44.8 Å². The number of nitrogens with zero attached hydrogens (tertiary/aromatic N) is 2. The van der Waals surface area contributed by atoms with Crippen molar-refractivity contribution in [2.75, 3.05) is 32.7 Å². The summed E-state index contributed by atoms with van der Waals surface area (Å²) in [5.74, 6) is 0. The number of rotatable bonds is 6. The van der Waals surface area contributed by atoms with E-state index < -0.39 is 0 Å². The van der Waals surface area contributed by atoms with Crippen LogP contribution in [0.4, 0.5) is 0 Å². The maximum absolute atomic E-state index is 5.73. The van der Waals surface area contributed by atoms with Gasteiger partial charge in [-0.1, -0.05) is 72.9 Å². The standard InChI is InChI=1S/C21H25N3S/c22-21(25)20-10-4-8-19(16-20)17-24-14-12-23(13-15-24)11-5-9-18-6-2-1-3-7-18/h1-10,16H,11-15,17H2,(H2,22,25)/b9-5+. The maximum Gasteiger partial charge on any atom is 0.103 e. The zero-order valence-electron chi connectivity index (χ0n) is 14.5. The first-order chi connectivity index (χ1) is 12.2. The monoisotopic (exact) mass is 351 g/mol. The lowest BCUT2D eigenvalue weighted by Gasteiger charge is -2.34. The third-order valence-electron chi connectivity index (χ3n) is 4.56. The third kappa shape index (κ3) is 5.49. The molecule has 0 aromatic heterocycles. The minimum atomic E-state index is 0.469. The topological polar surface area (TPSA) is 32.5 Å². The summed E-state index contributed by atoms with van der Waals surface area (Å²) in [7, 11) is 0. The van der Waals surface area contributed by atoms with Crippen molar-refractivity contribution in [3.8, 4) is 0 Å². The second-order valence-corrected chi connectivity index (χ2v) is 6.89. The Labute approximate surface area is 155 Å². The first-order valence-corrected chi connectivity index (χ1v) is 9.16. The van der Waals surface area contributed by atoms with Gasteiger partial charge >= 0.3 is 0 Å². The van der Waals surface area contributed by atoms with E-state index in [4.69, 9.17) is 18.0 Å². The van der Waals surface area contributed by atoms with E-state index >= 15 is 0 Å². The second kappa shape index (κ2) is 8.90. The van der Waals surface area contributed by atoms with Crippen molar-refractivity contribution in [3.63, 3.8) is 0 Å². The molecule has 2 N–H and O–H groups in total. The molecule has 0 bridgehead atoms. The molecule has 130 valence electrons. The fourth-order valence-corrected chi connectivity index (χ4v) is 3.24. The molecule has 2 aromatic rings. The normalized spacial score (nSPS) is 16.3. The van der Waals surface area contributed by atoms with Crippen LogP contribution in [0, 0.1) is 0 Å².